The van der Waals surface area contributed by atoms with E-state index in [1.807, 2.05) is 13.8 Å². The van der Waals surface area contributed by atoms with E-state index in [9.17, 15) is 13.2 Å². The van der Waals surface area contributed by atoms with Gasteiger partial charge in [-0.2, -0.15) is 4.31 Å². The Kier molecular flexibility index (Phi) is 6.99. The lowest BCUT2D eigenvalue weighted by molar-refractivity contribution is -0.120. The molecule has 2 aromatic rings. The van der Waals surface area contributed by atoms with Crippen molar-refractivity contribution in [1.29, 1.82) is 0 Å². The molecule has 1 amide bonds. The zero-order chi connectivity index (χ0) is 21.7. The molecule has 0 radical (unpaired) electrons. The van der Waals surface area contributed by atoms with Gasteiger partial charge in [0.15, 0.2) is 0 Å². The predicted molar refractivity (Wildman–Crippen MR) is 115 cm³/mol. The molecule has 1 fully saturated rings. The lowest BCUT2D eigenvalue weighted by Crippen LogP contribution is -2.43. The third-order valence-electron chi connectivity index (χ3n) is 5.12. The van der Waals surface area contributed by atoms with E-state index in [0.717, 1.165) is 11.3 Å². The average Bonchev–Trinajstić information content (AvgIpc) is 2.75. The molecule has 162 valence electrons. The summed E-state index contributed by atoms with van der Waals surface area (Å²) in [5.41, 5.74) is 1.49. The summed E-state index contributed by atoms with van der Waals surface area (Å²) in [6.07, 6.45) is 1.26. The van der Waals surface area contributed by atoms with Crippen LogP contribution in [0.1, 0.15) is 25.3 Å². The zero-order valence-corrected chi connectivity index (χ0v) is 18.4. The quantitative estimate of drug-likeness (QED) is 0.724. The first kappa shape index (κ1) is 22.1. The van der Waals surface area contributed by atoms with E-state index in [1.165, 1.54) is 11.4 Å². The number of amides is 1. The first-order valence-electron chi connectivity index (χ1n) is 10.0. The van der Waals surface area contributed by atoms with Gasteiger partial charge in [0.05, 0.1) is 19.6 Å². The second-order valence-corrected chi connectivity index (χ2v) is 9.21. The Hall–Kier alpha value is -2.58. The molecule has 30 heavy (non-hydrogen) atoms. The van der Waals surface area contributed by atoms with Gasteiger partial charge in [-0.3, -0.25) is 4.79 Å². The van der Waals surface area contributed by atoms with E-state index >= 15 is 0 Å². The Balaban J connectivity index is 1.73. The van der Waals surface area contributed by atoms with Gasteiger partial charge in [-0.25, -0.2) is 8.42 Å². The zero-order valence-electron chi connectivity index (χ0n) is 17.6. The van der Waals surface area contributed by atoms with Crippen LogP contribution in [0.2, 0.25) is 0 Å². The van der Waals surface area contributed by atoms with Gasteiger partial charge in [0.25, 0.3) is 0 Å². The van der Waals surface area contributed by atoms with E-state index in [4.69, 9.17) is 9.47 Å². The number of hydrogen-bond acceptors (Lipinski definition) is 5. The molecule has 8 heteroatoms. The summed E-state index contributed by atoms with van der Waals surface area (Å²) in [5, 5.41) is 2.88. The van der Waals surface area contributed by atoms with E-state index in [0.29, 0.717) is 37.4 Å². The Morgan fingerprint density at radius 2 is 1.93 bits per heavy atom. The van der Waals surface area contributed by atoms with Crippen LogP contribution in [0.3, 0.4) is 0 Å². The molecule has 0 aromatic heterocycles. The van der Waals surface area contributed by atoms with Crippen molar-refractivity contribution in [3.05, 3.63) is 48.0 Å². The number of hydrogen-bond donors (Lipinski definition) is 1. The highest BCUT2D eigenvalue weighted by atomic mass is 32.2. The molecule has 0 saturated carbocycles. The number of nitrogens with zero attached hydrogens (tertiary/aromatic N) is 1. The van der Waals surface area contributed by atoms with Crippen LogP contribution >= 0.6 is 0 Å². The number of carbonyl (C=O) groups is 1. The fraction of sp³-hybridized carbons (Fsp3) is 0.409. The van der Waals surface area contributed by atoms with Gasteiger partial charge in [0.1, 0.15) is 16.4 Å². The first-order valence-corrected chi connectivity index (χ1v) is 11.5. The highest BCUT2D eigenvalue weighted by molar-refractivity contribution is 7.89. The largest absolute Gasteiger partial charge is 0.495 e. The van der Waals surface area contributed by atoms with Crippen molar-refractivity contribution in [2.45, 2.75) is 31.6 Å². The fourth-order valence-electron chi connectivity index (χ4n) is 3.54. The molecule has 0 aliphatic carbocycles. The first-order chi connectivity index (χ1) is 14.3. The Morgan fingerprint density at radius 1 is 1.20 bits per heavy atom. The summed E-state index contributed by atoms with van der Waals surface area (Å²) in [7, 11) is -2.32. The van der Waals surface area contributed by atoms with Crippen LogP contribution in [0.15, 0.2) is 47.4 Å². The minimum absolute atomic E-state index is 0.137. The topological polar surface area (TPSA) is 84.9 Å². The van der Waals surface area contributed by atoms with Gasteiger partial charge < -0.3 is 14.8 Å². The molecule has 1 heterocycles. The Labute approximate surface area is 178 Å². The lowest BCUT2D eigenvalue weighted by atomic mass is 9.99. The minimum atomic E-state index is -3.77. The minimum Gasteiger partial charge on any atom is -0.495 e. The van der Waals surface area contributed by atoms with Gasteiger partial charge in [-0.15, -0.1) is 0 Å². The number of piperidine rings is 1. The van der Waals surface area contributed by atoms with E-state index in [2.05, 4.69) is 5.32 Å². The molecular weight excluding hydrogens is 404 g/mol. The van der Waals surface area contributed by atoms with Crippen LogP contribution in [-0.2, 0) is 14.8 Å². The summed E-state index contributed by atoms with van der Waals surface area (Å²) in [6.45, 7) is 4.84. The standard InChI is InChI=1S/C22H28N2O5S/c1-4-29-19-10-8-18(9-11-19)23-22(25)17-6-5-13-24(15-17)30(26,27)21-14-16(2)7-12-20(21)28-3/h7-12,14,17H,4-6,13,15H2,1-3H3,(H,23,25)/t17-/m1/s1. The smallest absolute Gasteiger partial charge is 0.246 e. The van der Waals surface area contributed by atoms with Crippen molar-refractivity contribution in [3.8, 4) is 11.5 Å². The second kappa shape index (κ2) is 9.49. The molecule has 7 nitrogen and oxygen atoms in total. The van der Waals surface area contributed by atoms with Crippen molar-refractivity contribution < 1.29 is 22.7 Å². The maximum absolute atomic E-state index is 13.2. The van der Waals surface area contributed by atoms with E-state index in [-0.39, 0.29) is 17.3 Å². The molecule has 0 bridgehead atoms. The number of ether oxygens (including phenoxy) is 2. The fourth-order valence-corrected chi connectivity index (χ4v) is 5.31. The number of anilines is 1. The molecular formula is C22H28N2O5S. The van der Waals surface area contributed by atoms with Crippen LogP contribution in [0.4, 0.5) is 5.69 Å². The summed E-state index contributed by atoms with van der Waals surface area (Å²) in [5.74, 6) is 0.435. The number of sulfonamides is 1. The van der Waals surface area contributed by atoms with E-state index < -0.39 is 15.9 Å². The molecule has 0 unspecified atom stereocenters. The molecule has 1 aliphatic heterocycles. The monoisotopic (exact) mass is 432 g/mol. The highest BCUT2D eigenvalue weighted by Gasteiger charge is 2.35. The summed E-state index contributed by atoms with van der Waals surface area (Å²) in [4.78, 5) is 12.9. The molecule has 1 aliphatic rings. The van der Waals surface area contributed by atoms with Crippen molar-refractivity contribution >= 4 is 21.6 Å². The lowest BCUT2D eigenvalue weighted by Gasteiger charge is -2.31. The molecule has 3 rings (SSSR count). The number of methoxy groups -OCH3 is 1. The molecule has 2 aromatic carbocycles. The number of rotatable bonds is 7. The van der Waals surface area contributed by atoms with Crippen LogP contribution < -0.4 is 14.8 Å². The van der Waals surface area contributed by atoms with Gasteiger partial charge >= 0.3 is 0 Å². The Bertz CT molecular complexity index is 989. The van der Waals surface area contributed by atoms with Crippen LogP contribution in [0.25, 0.3) is 0 Å². The number of nitrogens with one attached hydrogen (secondary N) is 1. The van der Waals surface area contributed by atoms with Crippen molar-refractivity contribution in [2.75, 3.05) is 32.1 Å². The third-order valence-corrected chi connectivity index (χ3v) is 7.01. The van der Waals surface area contributed by atoms with Gasteiger partial charge in [0, 0.05) is 18.8 Å². The molecule has 0 spiro atoms. The maximum atomic E-state index is 13.2. The molecule has 1 N–H and O–H groups in total. The normalized spacial score (nSPS) is 17.4. The summed E-state index contributed by atoms with van der Waals surface area (Å²) >= 11 is 0. The Morgan fingerprint density at radius 3 is 2.60 bits per heavy atom. The number of carbonyl (C=O) groups excluding carboxylic acids is 1. The molecule has 1 saturated heterocycles. The van der Waals surface area contributed by atoms with Gasteiger partial charge in [0.2, 0.25) is 15.9 Å². The third kappa shape index (κ3) is 4.94. The second-order valence-electron chi connectivity index (χ2n) is 7.30. The highest BCUT2D eigenvalue weighted by Crippen LogP contribution is 2.31. The number of benzene rings is 2. The molecule has 1 atom stereocenters. The van der Waals surface area contributed by atoms with Crippen molar-refractivity contribution in [1.82, 2.24) is 4.31 Å². The average molecular weight is 433 g/mol. The summed E-state index contributed by atoms with van der Waals surface area (Å²) < 4.78 is 38.5. The van der Waals surface area contributed by atoms with Crippen molar-refractivity contribution in [2.24, 2.45) is 5.92 Å². The van der Waals surface area contributed by atoms with Crippen LogP contribution in [0, 0.1) is 12.8 Å². The summed E-state index contributed by atoms with van der Waals surface area (Å²) in [6, 6.07) is 12.2. The van der Waals surface area contributed by atoms with E-state index in [1.54, 1.807) is 42.5 Å². The number of aryl methyl sites for hydroxylation is 1. The SMILES string of the molecule is CCOc1ccc(NC(=O)[C@@H]2CCCN(S(=O)(=O)c3cc(C)ccc3OC)C2)cc1. The van der Waals surface area contributed by atoms with Crippen LogP contribution in [0.5, 0.6) is 11.5 Å². The van der Waals surface area contributed by atoms with Crippen molar-refractivity contribution in [3.63, 3.8) is 0 Å². The van der Waals surface area contributed by atoms with Gasteiger partial charge in [-0.05, 0) is 68.7 Å². The van der Waals surface area contributed by atoms with Crippen LogP contribution in [-0.4, -0.2) is 45.4 Å². The maximum Gasteiger partial charge on any atom is 0.246 e. The van der Waals surface area contributed by atoms with Gasteiger partial charge in [-0.1, -0.05) is 6.07 Å². The predicted octanol–water partition coefficient (Wildman–Crippen LogP) is 3.44.